The molecule has 1 aromatic carbocycles. The summed E-state index contributed by atoms with van der Waals surface area (Å²) in [5.74, 6) is 1.00. The van der Waals surface area contributed by atoms with Gasteiger partial charge in [-0.2, -0.15) is 0 Å². The van der Waals surface area contributed by atoms with Gasteiger partial charge in [0.05, 0.1) is 10.6 Å². The number of hydrogen-bond donors (Lipinski definition) is 2. The van der Waals surface area contributed by atoms with Gasteiger partial charge in [0, 0.05) is 31.5 Å². The van der Waals surface area contributed by atoms with Gasteiger partial charge in [-0.15, -0.1) is 11.3 Å². The van der Waals surface area contributed by atoms with Crippen molar-refractivity contribution in [2.24, 2.45) is 0 Å². The zero-order valence-electron chi connectivity index (χ0n) is 11.8. The van der Waals surface area contributed by atoms with Gasteiger partial charge < -0.3 is 14.8 Å². The van der Waals surface area contributed by atoms with Crippen LogP contribution in [0, 0.1) is 0 Å². The first-order chi connectivity index (χ1) is 10.6. The summed E-state index contributed by atoms with van der Waals surface area (Å²) in [5, 5.41) is 5.66. The molecule has 0 aliphatic carbocycles. The van der Waals surface area contributed by atoms with Crippen molar-refractivity contribution in [3.8, 4) is 11.5 Å². The van der Waals surface area contributed by atoms with E-state index in [9.17, 15) is 8.42 Å². The number of benzene rings is 1. The van der Waals surface area contributed by atoms with Crippen LogP contribution < -0.4 is 19.5 Å². The SMILES string of the molecule is CNc1nc(CCNS(=O)(=O)c2ccc3c(c2)OCO3)cs1. The Balaban J connectivity index is 1.63. The van der Waals surface area contributed by atoms with E-state index >= 15 is 0 Å². The summed E-state index contributed by atoms with van der Waals surface area (Å²) in [6, 6.07) is 4.56. The molecule has 22 heavy (non-hydrogen) atoms. The van der Waals surface area contributed by atoms with Crippen molar-refractivity contribution in [3.05, 3.63) is 29.3 Å². The van der Waals surface area contributed by atoms with Crippen molar-refractivity contribution >= 4 is 26.5 Å². The van der Waals surface area contributed by atoms with Crippen LogP contribution in [-0.2, 0) is 16.4 Å². The summed E-state index contributed by atoms with van der Waals surface area (Å²) in [6.45, 7) is 0.396. The standard InChI is InChI=1S/C13H15N3O4S2/c1-14-13-16-9(7-21-13)4-5-15-22(17,18)10-2-3-11-12(6-10)20-8-19-11/h2-3,6-7,15H,4-5,8H2,1H3,(H,14,16). The lowest BCUT2D eigenvalue weighted by atomic mass is 10.3. The summed E-state index contributed by atoms with van der Waals surface area (Å²) >= 11 is 1.49. The molecule has 0 amide bonds. The molecular weight excluding hydrogens is 326 g/mol. The predicted octanol–water partition coefficient (Wildman–Crippen LogP) is 1.43. The lowest BCUT2D eigenvalue weighted by Gasteiger charge is -2.06. The van der Waals surface area contributed by atoms with Crippen LogP contribution in [0.2, 0.25) is 0 Å². The highest BCUT2D eigenvalue weighted by Gasteiger charge is 2.20. The number of rotatable bonds is 6. The number of fused-ring (bicyclic) bond motifs is 1. The van der Waals surface area contributed by atoms with Gasteiger partial charge in [-0.1, -0.05) is 0 Å². The van der Waals surface area contributed by atoms with E-state index in [0.717, 1.165) is 10.8 Å². The minimum absolute atomic E-state index is 0.115. The first kappa shape index (κ1) is 15.1. The fourth-order valence-electron chi connectivity index (χ4n) is 1.98. The molecule has 0 saturated carbocycles. The van der Waals surface area contributed by atoms with Crippen LogP contribution in [0.4, 0.5) is 5.13 Å². The Bertz CT molecular complexity index is 773. The minimum Gasteiger partial charge on any atom is -0.454 e. The van der Waals surface area contributed by atoms with Crippen LogP contribution >= 0.6 is 11.3 Å². The van der Waals surface area contributed by atoms with Crippen molar-refractivity contribution in [3.63, 3.8) is 0 Å². The molecule has 0 bridgehead atoms. The van der Waals surface area contributed by atoms with Gasteiger partial charge in [0.2, 0.25) is 16.8 Å². The number of hydrogen-bond acceptors (Lipinski definition) is 7. The summed E-state index contributed by atoms with van der Waals surface area (Å²) in [6.07, 6.45) is 0.530. The Morgan fingerprint density at radius 2 is 2.14 bits per heavy atom. The van der Waals surface area contributed by atoms with Gasteiger partial charge in [0.15, 0.2) is 16.6 Å². The number of nitrogens with zero attached hydrogens (tertiary/aromatic N) is 1. The molecule has 0 atom stereocenters. The van der Waals surface area contributed by atoms with Gasteiger partial charge in [0.25, 0.3) is 0 Å². The molecule has 1 aliphatic heterocycles. The van der Waals surface area contributed by atoms with Crippen molar-refractivity contribution in [2.75, 3.05) is 25.7 Å². The van der Waals surface area contributed by atoms with Gasteiger partial charge in [0.1, 0.15) is 0 Å². The zero-order valence-corrected chi connectivity index (χ0v) is 13.5. The molecule has 1 aromatic heterocycles. The van der Waals surface area contributed by atoms with Gasteiger partial charge in [-0.25, -0.2) is 18.1 Å². The minimum atomic E-state index is -3.58. The molecule has 0 saturated heterocycles. The molecule has 7 nitrogen and oxygen atoms in total. The molecule has 2 N–H and O–H groups in total. The monoisotopic (exact) mass is 341 g/mol. The van der Waals surface area contributed by atoms with E-state index in [1.807, 2.05) is 5.38 Å². The third-order valence-electron chi connectivity index (χ3n) is 3.09. The van der Waals surface area contributed by atoms with E-state index in [4.69, 9.17) is 9.47 Å². The third-order valence-corrected chi connectivity index (χ3v) is 5.46. The molecule has 1 aliphatic rings. The highest BCUT2D eigenvalue weighted by atomic mass is 32.2. The van der Waals surface area contributed by atoms with E-state index in [2.05, 4.69) is 15.0 Å². The quantitative estimate of drug-likeness (QED) is 0.826. The van der Waals surface area contributed by atoms with Gasteiger partial charge in [-0.3, -0.25) is 0 Å². The topological polar surface area (TPSA) is 89.6 Å². The fourth-order valence-corrected chi connectivity index (χ4v) is 3.73. The molecule has 118 valence electrons. The maximum atomic E-state index is 12.2. The van der Waals surface area contributed by atoms with Crippen LogP contribution in [0.3, 0.4) is 0 Å². The van der Waals surface area contributed by atoms with E-state index in [1.54, 1.807) is 13.1 Å². The third kappa shape index (κ3) is 3.16. The van der Waals surface area contributed by atoms with E-state index < -0.39 is 10.0 Å². The van der Waals surface area contributed by atoms with Gasteiger partial charge in [-0.05, 0) is 12.1 Å². The molecule has 2 aromatic rings. The Morgan fingerprint density at radius 1 is 1.32 bits per heavy atom. The normalized spacial score (nSPS) is 13.3. The first-order valence-electron chi connectivity index (χ1n) is 6.60. The average Bonchev–Trinajstić information content (AvgIpc) is 3.14. The van der Waals surface area contributed by atoms with Crippen molar-refractivity contribution in [1.29, 1.82) is 0 Å². The molecule has 2 heterocycles. The second kappa shape index (κ2) is 6.11. The Kier molecular flexibility index (Phi) is 4.19. The van der Waals surface area contributed by atoms with E-state index in [-0.39, 0.29) is 18.2 Å². The maximum Gasteiger partial charge on any atom is 0.240 e. The molecular formula is C13H15N3O4S2. The number of thiazole rings is 1. The summed E-state index contributed by atoms with van der Waals surface area (Å²) in [4.78, 5) is 4.46. The van der Waals surface area contributed by atoms with Crippen molar-refractivity contribution in [2.45, 2.75) is 11.3 Å². The van der Waals surface area contributed by atoms with Crippen LogP contribution in [0.1, 0.15) is 5.69 Å². The number of anilines is 1. The highest BCUT2D eigenvalue weighted by molar-refractivity contribution is 7.89. The predicted molar refractivity (Wildman–Crippen MR) is 83.1 cm³/mol. The second-order valence-electron chi connectivity index (χ2n) is 4.56. The molecule has 3 rings (SSSR count). The maximum absolute atomic E-state index is 12.2. The van der Waals surface area contributed by atoms with Gasteiger partial charge >= 0.3 is 0 Å². The van der Waals surface area contributed by atoms with Crippen LogP contribution in [0.25, 0.3) is 0 Å². The zero-order chi connectivity index (χ0) is 15.6. The Morgan fingerprint density at radius 3 is 2.91 bits per heavy atom. The number of aromatic nitrogens is 1. The van der Waals surface area contributed by atoms with Crippen LogP contribution in [-0.4, -0.2) is 33.8 Å². The lowest BCUT2D eigenvalue weighted by Crippen LogP contribution is -2.26. The Labute approximate surface area is 132 Å². The second-order valence-corrected chi connectivity index (χ2v) is 7.18. The largest absolute Gasteiger partial charge is 0.454 e. The van der Waals surface area contributed by atoms with E-state index in [1.165, 1.54) is 23.5 Å². The summed E-state index contributed by atoms with van der Waals surface area (Å²) in [5.41, 5.74) is 0.850. The number of sulfonamides is 1. The van der Waals surface area contributed by atoms with Crippen molar-refractivity contribution < 1.29 is 17.9 Å². The average molecular weight is 341 g/mol. The highest BCUT2D eigenvalue weighted by Crippen LogP contribution is 2.33. The molecule has 0 fully saturated rings. The Hall–Kier alpha value is -1.84. The molecule has 0 unspecified atom stereocenters. The molecule has 0 spiro atoms. The summed E-state index contributed by atoms with van der Waals surface area (Å²) in [7, 11) is -1.78. The van der Waals surface area contributed by atoms with Crippen LogP contribution in [0.5, 0.6) is 11.5 Å². The molecule has 9 heteroatoms. The lowest BCUT2D eigenvalue weighted by molar-refractivity contribution is 0.174. The van der Waals surface area contributed by atoms with E-state index in [0.29, 0.717) is 17.9 Å². The first-order valence-corrected chi connectivity index (χ1v) is 8.96. The fraction of sp³-hybridized carbons (Fsp3) is 0.308. The smallest absolute Gasteiger partial charge is 0.240 e. The van der Waals surface area contributed by atoms with Crippen LogP contribution in [0.15, 0.2) is 28.5 Å². The molecule has 0 radical (unpaired) electrons. The van der Waals surface area contributed by atoms with Crippen molar-refractivity contribution in [1.82, 2.24) is 9.71 Å². The summed E-state index contributed by atoms with van der Waals surface area (Å²) < 4.78 is 37.4. The number of ether oxygens (including phenoxy) is 2. The number of nitrogens with one attached hydrogen (secondary N) is 2.